The summed E-state index contributed by atoms with van der Waals surface area (Å²) in [5, 5.41) is 28.7. The van der Waals surface area contributed by atoms with Crippen LogP contribution in [0.1, 0.15) is 28.4 Å². The normalized spacial score (nSPS) is 13.7. The number of aliphatic hydroxyl groups is 2. The Morgan fingerprint density at radius 2 is 2.11 bits per heavy atom. The molecule has 2 unspecified atom stereocenters. The summed E-state index contributed by atoms with van der Waals surface area (Å²) < 4.78 is 4.36. The molecular weight excluding hydrogens is 240 g/mol. The third-order valence-corrected chi connectivity index (χ3v) is 2.48. The molecular formula is C12H14O6. The summed E-state index contributed by atoms with van der Waals surface area (Å²) in [6.45, 7) is 0. The van der Waals surface area contributed by atoms with E-state index in [-0.39, 0.29) is 16.9 Å². The van der Waals surface area contributed by atoms with Crippen LogP contribution in [-0.4, -0.2) is 40.8 Å². The van der Waals surface area contributed by atoms with E-state index in [1.165, 1.54) is 19.2 Å². The van der Waals surface area contributed by atoms with Crippen LogP contribution in [0.2, 0.25) is 0 Å². The van der Waals surface area contributed by atoms with Gasteiger partial charge in [-0.05, 0) is 17.7 Å². The van der Waals surface area contributed by atoms with Crippen molar-refractivity contribution in [3.63, 3.8) is 0 Å². The van der Waals surface area contributed by atoms with Gasteiger partial charge in [0.2, 0.25) is 0 Å². The molecule has 0 amide bonds. The van der Waals surface area contributed by atoms with E-state index in [0.717, 1.165) is 6.07 Å². The van der Waals surface area contributed by atoms with Crippen molar-refractivity contribution in [1.29, 1.82) is 0 Å². The molecule has 0 saturated carbocycles. The van der Waals surface area contributed by atoms with E-state index in [9.17, 15) is 24.9 Å². The number of phenols is 1. The minimum Gasteiger partial charge on any atom is -0.508 e. The molecule has 18 heavy (non-hydrogen) atoms. The number of carbonyl (C=O) groups is 2. The first-order chi connectivity index (χ1) is 8.49. The highest BCUT2D eigenvalue weighted by Gasteiger charge is 2.24. The number of ether oxygens (including phenoxy) is 1. The molecule has 0 bridgehead atoms. The molecule has 0 saturated heterocycles. The summed E-state index contributed by atoms with van der Waals surface area (Å²) in [5.41, 5.74) is 0.186. The second-order valence-electron chi connectivity index (χ2n) is 3.72. The maximum Gasteiger partial charge on any atom is 0.308 e. The zero-order chi connectivity index (χ0) is 13.7. The average molecular weight is 254 g/mol. The molecule has 0 aliphatic heterocycles. The van der Waals surface area contributed by atoms with Crippen LogP contribution in [0.3, 0.4) is 0 Å². The highest BCUT2D eigenvalue weighted by atomic mass is 16.5. The Morgan fingerprint density at radius 3 is 2.67 bits per heavy atom. The van der Waals surface area contributed by atoms with Crippen LogP contribution in [0, 0.1) is 0 Å². The lowest BCUT2D eigenvalue weighted by atomic mass is 9.97. The van der Waals surface area contributed by atoms with Gasteiger partial charge in [-0.1, -0.05) is 6.07 Å². The molecule has 0 radical (unpaired) electrons. The Labute approximate surface area is 103 Å². The number of aldehydes is 1. The fraction of sp³-hybridized carbons (Fsp3) is 0.333. The lowest BCUT2D eigenvalue weighted by molar-refractivity contribution is -0.144. The van der Waals surface area contributed by atoms with Crippen molar-refractivity contribution in [3.8, 4) is 5.75 Å². The molecule has 98 valence electrons. The van der Waals surface area contributed by atoms with E-state index in [4.69, 9.17) is 0 Å². The predicted molar refractivity (Wildman–Crippen MR) is 61.1 cm³/mol. The van der Waals surface area contributed by atoms with Crippen LogP contribution in [0.4, 0.5) is 0 Å². The molecule has 0 aliphatic carbocycles. The number of benzene rings is 1. The first kappa shape index (κ1) is 14.1. The Balaban J connectivity index is 2.92. The topological polar surface area (TPSA) is 104 Å². The lowest BCUT2D eigenvalue weighted by Gasteiger charge is -2.18. The monoisotopic (exact) mass is 254 g/mol. The van der Waals surface area contributed by atoms with Crippen molar-refractivity contribution in [3.05, 3.63) is 29.3 Å². The van der Waals surface area contributed by atoms with Crippen molar-refractivity contribution >= 4 is 12.3 Å². The fourth-order valence-corrected chi connectivity index (χ4v) is 1.51. The molecule has 0 fully saturated rings. The van der Waals surface area contributed by atoms with E-state index in [1.54, 1.807) is 0 Å². The SMILES string of the molecule is COC(=O)CC(O)C(O)c1ccc(O)cc1C=O. The molecule has 0 heterocycles. The molecule has 0 aliphatic rings. The lowest BCUT2D eigenvalue weighted by Crippen LogP contribution is -2.23. The van der Waals surface area contributed by atoms with Crippen LogP contribution in [-0.2, 0) is 9.53 Å². The van der Waals surface area contributed by atoms with Crippen molar-refractivity contribution in [2.75, 3.05) is 7.11 Å². The first-order valence-electron chi connectivity index (χ1n) is 5.20. The van der Waals surface area contributed by atoms with Crippen molar-refractivity contribution in [2.24, 2.45) is 0 Å². The van der Waals surface area contributed by atoms with E-state index in [2.05, 4.69) is 4.74 Å². The number of phenolic OH excluding ortho intramolecular Hbond substituents is 1. The second-order valence-corrected chi connectivity index (χ2v) is 3.72. The number of carbonyl (C=O) groups excluding carboxylic acids is 2. The molecule has 1 aromatic carbocycles. The van der Waals surface area contributed by atoms with Crippen LogP contribution in [0.25, 0.3) is 0 Å². The Kier molecular flexibility index (Phi) is 4.82. The highest BCUT2D eigenvalue weighted by molar-refractivity contribution is 5.78. The maximum absolute atomic E-state index is 11.0. The zero-order valence-corrected chi connectivity index (χ0v) is 9.74. The number of hydrogen-bond donors (Lipinski definition) is 3. The van der Waals surface area contributed by atoms with Gasteiger partial charge in [0.05, 0.1) is 19.6 Å². The quantitative estimate of drug-likeness (QED) is 0.511. The Bertz CT molecular complexity index is 442. The van der Waals surface area contributed by atoms with Gasteiger partial charge in [-0.15, -0.1) is 0 Å². The number of hydrogen-bond acceptors (Lipinski definition) is 6. The third kappa shape index (κ3) is 3.28. The summed E-state index contributed by atoms with van der Waals surface area (Å²) in [4.78, 5) is 21.8. The molecule has 1 aromatic rings. The second kappa shape index (κ2) is 6.13. The summed E-state index contributed by atoms with van der Waals surface area (Å²) in [5.74, 6) is -0.802. The van der Waals surface area contributed by atoms with E-state index < -0.39 is 24.6 Å². The Hall–Kier alpha value is -1.92. The first-order valence-corrected chi connectivity index (χ1v) is 5.20. The van der Waals surface area contributed by atoms with Gasteiger partial charge >= 0.3 is 5.97 Å². The number of rotatable bonds is 5. The minimum absolute atomic E-state index is 0.0476. The molecule has 2 atom stereocenters. The predicted octanol–water partition coefficient (Wildman–Crippen LogP) is 0.162. The van der Waals surface area contributed by atoms with Gasteiger partial charge in [0.1, 0.15) is 11.9 Å². The smallest absolute Gasteiger partial charge is 0.308 e. The number of esters is 1. The Morgan fingerprint density at radius 1 is 1.44 bits per heavy atom. The van der Waals surface area contributed by atoms with Crippen LogP contribution >= 0.6 is 0 Å². The van der Waals surface area contributed by atoms with E-state index in [0.29, 0.717) is 6.29 Å². The van der Waals surface area contributed by atoms with Gasteiger partial charge in [0.25, 0.3) is 0 Å². The van der Waals surface area contributed by atoms with Gasteiger partial charge in [0.15, 0.2) is 6.29 Å². The number of aromatic hydroxyl groups is 1. The van der Waals surface area contributed by atoms with Crippen LogP contribution in [0.5, 0.6) is 5.75 Å². The van der Waals surface area contributed by atoms with E-state index >= 15 is 0 Å². The zero-order valence-electron chi connectivity index (χ0n) is 9.74. The number of aliphatic hydroxyl groups excluding tert-OH is 2. The molecule has 0 aromatic heterocycles. The standard InChI is InChI=1S/C12H14O6/c1-18-11(16)5-10(15)12(17)9-3-2-8(14)4-7(9)6-13/h2-4,6,10,12,14-15,17H,5H2,1H3. The third-order valence-electron chi connectivity index (χ3n) is 2.48. The van der Waals surface area contributed by atoms with Crippen molar-refractivity contribution in [2.45, 2.75) is 18.6 Å². The van der Waals surface area contributed by atoms with Crippen molar-refractivity contribution < 1.29 is 29.6 Å². The van der Waals surface area contributed by atoms with Gasteiger partial charge < -0.3 is 20.1 Å². The maximum atomic E-state index is 11.0. The van der Waals surface area contributed by atoms with Gasteiger partial charge in [-0.25, -0.2) is 0 Å². The summed E-state index contributed by atoms with van der Waals surface area (Å²) in [7, 11) is 1.17. The summed E-state index contributed by atoms with van der Waals surface area (Å²) in [6.07, 6.45) is -2.74. The molecule has 3 N–H and O–H groups in total. The van der Waals surface area contributed by atoms with E-state index in [1.807, 2.05) is 0 Å². The van der Waals surface area contributed by atoms with Gasteiger partial charge in [-0.3, -0.25) is 9.59 Å². The van der Waals surface area contributed by atoms with Gasteiger partial charge in [-0.2, -0.15) is 0 Å². The molecule has 6 nitrogen and oxygen atoms in total. The molecule has 6 heteroatoms. The molecule has 0 spiro atoms. The largest absolute Gasteiger partial charge is 0.508 e. The van der Waals surface area contributed by atoms with Crippen LogP contribution in [0.15, 0.2) is 18.2 Å². The average Bonchev–Trinajstić information content (AvgIpc) is 2.37. The highest BCUT2D eigenvalue weighted by Crippen LogP contribution is 2.25. The summed E-state index contributed by atoms with van der Waals surface area (Å²) >= 11 is 0. The number of methoxy groups -OCH3 is 1. The summed E-state index contributed by atoms with van der Waals surface area (Å²) in [6, 6.07) is 3.75. The van der Waals surface area contributed by atoms with Crippen LogP contribution < -0.4 is 0 Å². The minimum atomic E-state index is -1.41. The van der Waals surface area contributed by atoms with Crippen molar-refractivity contribution in [1.82, 2.24) is 0 Å². The molecule has 1 rings (SSSR count). The fourth-order valence-electron chi connectivity index (χ4n) is 1.51. The van der Waals surface area contributed by atoms with Gasteiger partial charge in [0, 0.05) is 5.56 Å².